The third kappa shape index (κ3) is 3.84. The normalized spacial score (nSPS) is 12.6. The summed E-state index contributed by atoms with van der Waals surface area (Å²) in [4.78, 5) is 11.7. The molecular weight excluding hydrogens is 228 g/mol. The fraction of sp³-hybridized carbons (Fsp3) is 0.364. The molecule has 0 aromatic heterocycles. The second-order valence-corrected chi connectivity index (χ2v) is 5.76. The summed E-state index contributed by atoms with van der Waals surface area (Å²) in [5, 5.41) is 0. The van der Waals surface area contributed by atoms with Crippen LogP contribution in [0.4, 0.5) is 0 Å². The molecule has 1 rings (SSSR count). The average molecular weight is 244 g/mol. The van der Waals surface area contributed by atoms with E-state index in [4.69, 9.17) is 4.74 Å². The highest BCUT2D eigenvalue weighted by atomic mass is 32.3. The minimum atomic E-state index is -3.08. The van der Waals surface area contributed by atoms with Crippen LogP contribution in [-0.4, -0.2) is 26.9 Å². The van der Waals surface area contributed by atoms with E-state index in [-0.39, 0.29) is 6.10 Å². The highest BCUT2D eigenvalue weighted by molar-refractivity contribution is 8.24. The number of hydrogen-bond acceptors (Lipinski definition) is 4. The monoisotopic (exact) mass is 244 g/mol. The van der Waals surface area contributed by atoms with Gasteiger partial charge in [-0.3, -0.25) is 13.9 Å². The van der Waals surface area contributed by atoms with Gasteiger partial charge in [0.1, 0.15) is 5.75 Å². The van der Waals surface area contributed by atoms with Gasteiger partial charge in [0.05, 0.1) is 11.0 Å². The third-order valence-corrected chi connectivity index (χ3v) is 3.47. The third-order valence-electron chi connectivity index (χ3n) is 1.81. The van der Waals surface area contributed by atoms with E-state index in [2.05, 4.69) is 0 Å². The molecule has 0 atom stereocenters. The Labute approximate surface area is 96.6 Å². The number of benzene rings is 1. The summed E-state index contributed by atoms with van der Waals surface area (Å²) >= 11 is 0. The number of carbonyl (C=O) groups excluding carboxylic acids is 1. The van der Waals surface area contributed by atoms with Crippen LogP contribution in [-0.2, 0) is 9.53 Å². The molecule has 0 aliphatic heterocycles. The van der Waals surface area contributed by atoms with Crippen molar-refractivity contribution >= 4 is 16.6 Å². The Kier molecular flexibility index (Phi) is 4.35. The van der Waals surface area contributed by atoms with E-state index in [9.17, 15) is 13.9 Å². The van der Waals surface area contributed by atoms with Crippen LogP contribution in [0.5, 0.6) is 0 Å². The molecule has 5 heteroatoms. The molecule has 0 bridgehead atoms. The first-order valence-electron chi connectivity index (χ1n) is 4.92. The summed E-state index contributed by atoms with van der Waals surface area (Å²) in [7, 11) is -3.08. The number of ether oxygens (including phenoxy) is 1. The predicted octanol–water partition coefficient (Wildman–Crippen LogP) is 2.75. The predicted molar refractivity (Wildman–Crippen MR) is 63.7 cm³/mol. The molecule has 0 aliphatic rings. The first kappa shape index (κ1) is 13.0. The molecule has 1 aromatic carbocycles. The Hall–Kier alpha value is -1.04. The van der Waals surface area contributed by atoms with Gasteiger partial charge in [-0.05, 0) is 26.0 Å². The van der Waals surface area contributed by atoms with Gasteiger partial charge in [-0.1, -0.05) is 18.2 Å². The maximum atomic E-state index is 11.3. The standard InChI is InChI=1S/C11H16O4S/c1-9(2)15-11(12)8-16(13,14)10-6-4-3-5-7-10/h3-7,9,13-14H,8H2,1-2H3. The minimum Gasteiger partial charge on any atom is -0.462 e. The van der Waals surface area contributed by atoms with Crippen molar-refractivity contribution in [2.75, 3.05) is 5.75 Å². The first-order chi connectivity index (χ1) is 7.42. The maximum absolute atomic E-state index is 11.3. The summed E-state index contributed by atoms with van der Waals surface area (Å²) in [6.45, 7) is 3.43. The molecule has 90 valence electrons. The molecule has 0 saturated carbocycles. The molecule has 0 spiro atoms. The van der Waals surface area contributed by atoms with Crippen LogP contribution in [0.3, 0.4) is 0 Å². The van der Waals surface area contributed by atoms with Gasteiger partial charge in [-0.25, -0.2) is 0 Å². The van der Waals surface area contributed by atoms with Crippen molar-refractivity contribution in [1.29, 1.82) is 0 Å². The van der Waals surface area contributed by atoms with E-state index < -0.39 is 22.3 Å². The maximum Gasteiger partial charge on any atom is 0.325 e. The Morgan fingerprint density at radius 2 is 1.88 bits per heavy atom. The van der Waals surface area contributed by atoms with Crippen molar-refractivity contribution < 1.29 is 18.6 Å². The molecule has 0 aliphatic carbocycles. The fourth-order valence-electron chi connectivity index (χ4n) is 1.18. The molecule has 0 unspecified atom stereocenters. The summed E-state index contributed by atoms with van der Waals surface area (Å²) < 4.78 is 24.5. The van der Waals surface area contributed by atoms with Gasteiger partial charge in [0.25, 0.3) is 0 Å². The van der Waals surface area contributed by atoms with Gasteiger partial charge >= 0.3 is 5.97 Å². The average Bonchev–Trinajstić information content (AvgIpc) is 2.16. The van der Waals surface area contributed by atoms with Crippen molar-refractivity contribution in [3.63, 3.8) is 0 Å². The lowest BCUT2D eigenvalue weighted by Crippen LogP contribution is -2.19. The van der Waals surface area contributed by atoms with Crippen molar-refractivity contribution in [2.45, 2.75) is 24.8 Å². The van der Waals surface area contributed by atoms with Gasteiger partial charge in [0.15, 0.2) is 0 Å². The molecule has 0 saturated heterocycles. The SMILES string of the molecule is CC(C)OC(=O)CS(O)(O)c1ccccc1. The van der Waals surface area contributed by atoms with Crippen LogP contribution in [0.15, 0.2) is 35.2 Å². The molecule has 16 heavy (non-hydrogen) atoms. The van der Waals surface area contributed by atoms with Crippen molar-refractivity contribution in [3.05, 3.63) is 30.3 Å². The van der Waals surface area contributed by atoms with Gasteiger partial charge < -0.3 is 4.74 Å². The van der Waals surface area contributed by atoms with E-state index in [1.54, 1.807) is 44.2 Å². The van der Waals surface area contributed by atoms with Crippen LogP contribution in [0.25, 0.3) is 0 Å². The van der Waals surface area contributed by atoms with Crippen LogP contribution >= 0.6 is 10.6 Å². The van der Waals surface area contributed by atoms with E-state index in [1.165, 1.54) is 0 Å². The van der Waals surface area contributed by atoms with Gasteiger partial charge in [0.2, 0.25) is 0 Å². The van der Waals surface area contributed by atoms with Gasteiger partial charge in [0, 0.05) is 0 Å². The highest BCUT2D eigenvalue weighted by Gasteiger charge is 2.21. The minimum absolute atomic E-state index is 0.251. The molecule has 4 nitrogen and oxygen atoms in total. The molecule has 2 N–H and O–H groups in total. The summed E-state index contributed by atoms with van der Waals surface area (Å²) in [5.74, 6) is -0.992. The molecule has 0 heterocycles. The van der Waals surface area contributed by atoms with E-state index in [0.717, 1.165) is 0 Å². The molecule has 0 amide bonds. The second kappa shape index (κ2) is 5.34. The van der Waals surface area contributed by atoms with Gasteiger partial charge in [-0.15, -0.1) is 0 Å². The summed E-state index contributed by atoms with van der Waals surface area (Å²) in [5.41, 5.74) is 0. The number of hydrogen-bond donors (Lipinski definition) is 2. The van der Waals surface area contributed by atoms with Crippen LogP contribution < -0.4 is 0 Å². The number of esters is 1. The Balaban J connectivity index is 2.69. The quantitative estimate of drug-likeness (QED) is 0.799. The highest BCUT2D eigenvalue weighted by Crippen LogP contribution is 2.47. The lowest BCUT2D eigenvalue weighted by atomic mass is 10.4. The smallest absolute Gasteiger partial charge is 0.325 e. The second-order valence-electron chi connectivity index (χ2n) is 3.66. The van der Waals surface area contributed by atoms with E-state index in [1.807, 2.05) is 0 Å². The number of carbonyl (C=O) groups is 1. The lowest BCUT2D eigenvalue weighted by Gasteiger charge is -2.31. The summed E-state index contributed by atoms with van der Waals surface area (Å²) in [6, 6.07) is 8.32. The van der Waals surface area contributed by atoms with Crippen molar-refractivity contribution in [3.8, 4) is 0 Å². The van der Waals surface area contributed by atoms with Crippen LogP contribution in [0, 0.1) is 0 Å². The molecule has 1 aromatic rings. The zero-order chi connectivity index (χ0) is 12.2. The van der Waals surface area contributed by atoms with E-state index >= 15 is 0 Å². The van der Waals surface area contributed by atoms with E-state index in [0.29, 0.717) is 4.90 Å². The molecule has 0 fully saturated rings. The lowest BCUT2D eigenvalue weighted by molar-refractivity contribution is -0.144. The fourth-order valence-corrected chi connectivity index (χ4v) is 2.34. The first-order valence-corrected chi connectivity index (χ1v) is 6.64. The van der Waals surface area contributed by atoms with Gasteiger partial charge in [-0.2, -0.15) is 10.6 Å². The molecular formula is C11H16O4S. The zero-order valence-electron chi connectivity index (χ0n) is 9.29. The Morgan fingerprint density at radius 1 is 1.31 bits per heavy atom. The number of rotatable bonds is 4. The summed E-state index contributed by atoms with van der Waals surface area (Å²) in [6.07, 6.45) is -0.251. The largest absolute Gasteiger partial charge is 0.462 e. The Morgan fingerprint density at radius 3 is 2.38 bits per heavy atom. The Bertz CT molecular complexity index is 348. The van der Waals surface area contributed by atoms with Crippen molar-refractivity contribution in [1.82, 2.24) is 0 Å². The van der Waals surface area contributed by atoms with Crippen LogP contribution in [0.2, 0.25) is 0 Å². The zero-order valence-corrected chi connectivity index (χ0v) is 10.1. The van der Waals surface area contributed by atoms with Crippen LogP contribution in [0.1, 0.15) is 13.8 Å². The topological polar surface area (TPSA) is 66.8 Å². The molecule has 0 radical (unpaired) electrons. The van der Waals surface area contributed by atoms with Crippen molar-refractivity contribution in [2.24, 2.45) is 0 Å².